The molecule has 0 saturated heterocycles. The van der Waals surface area contributed by atoms with Gasteiger partial charge in [0.15, 0.2) is 11.5 Å². The molecule has 0 fully saturated rings. The standard InChI is InChI=1S/C20H17ClFN3O4/c1-11(20-24-18(25-29-20)12-3-5-14(22)6-4-12)23-19(26)13-9-15(21)17-16(10-13)27-7-2-8-28-17/h3-6,9-11H,2,7-8H2,1H3,(H,23,26). The van der Waals surface area contributed by atoms with Crippen molar-refractivity contribution in [2.45, 2.75) is 19.4 Å². The topological polar surface area (TPSA) is 86.5 Å². The first-order valence-electron chi connectivity index (χ1n) is 9.01. The molecular weight excluding hydrogens is 401 g/mol. The average molecular weight is 418 g/mol. The van der Waals surface area contributed by atoms with Gasteiger partial charge >= 0.3 is 0 Å². The minimum absolute atomic E-state index is 0.220. The van der Waals surface area contributed by atoms with Gasteiger partial charge in [0.25, 0.3) is 5.91 Å². The Hall–Kier alpha value is -3.13. The molecule has 29 heavy (non-hydrogen) atoms. The summed E-state index contributed by atoms with van der Waals surface area (Å²) in [6, 6.07) is 8.27. The van der Waals surface area contributed by atoms with Gasteiger partial charge in [0.1, 0.15) is 11.9 Å². The fraction of sp³-hybridized carbons (Fsp3) is 0.250. The summed E-state index contributed by atoms with van der Waals surface area (Å²) in [5.74, 6) is 0.667. The minimum atomic E-state index is -0.557. The first kappa shape index (κ1) is 19.2. The zero-order chi connectivity index (χ0) is 20.4. The molecule has 2 heterocycles. The number of hydrogen-bond donors (Lipinski definition) is 1. The summed E-state index contributed by atoms with van der Waals surface area (Å²) >= 11 is 6.25. The predicted molar refractivity (Wildman–Crippen MR) is 103 cm³/mol. The number of carbonyl (C=O) groups is 1. The smallest absolute Gasteiger partial charge is 0.252 e. The van der Waals surface area contributed by atoms with Crippen LogP contribution in [-0.4, -0.2) is 29.3 Å². The number of fused-ring (bicyclic) bond motifs is 1. The number of aromatic nitrogens is 2. The van der Waals surface area contributed by atoms with Crippen LogP contribution in [0.4, 0.5) is 4.39 Å². The maximum atomic E-state index is 13.1. The summed E-state index contributed by atoms with van der Waals surface area (Å²) < 4.78 is 29.5. The van der Waals surface area contributed by atoms with Crippen molar-refractivity contribution in [3.63, 3.8) is 0 Å². The Kier molecular flexibility index (Phi) is 5.35. The largest absolute Gasteiger partial charge is 0.489 e. The normalized spacial score (nSPS) is 14.2. The van der Waals surface area contributed by atoms with Crippen LogP contribution in [0.1, 0.15) is 35.6 Å². The molecular formula is C20H17ClFN3O4. The van der Waals surface area contributed by atoms with Crippen molar-refractivity contribution in [2.24, 2.45) is 0 Å². The molecule has 2 aromatic carbocycles. The van der Waals surface area contributed by atoms with E-state index >= 15 is 0 Å². The van der Waals surface area contributed by atoms with Crippen LogP contribution >= 0.6 is 11.6 Å². The highest BCUT2D eigenvalue weighted by Crippen LogP contribution is 2.38. The first-order chi connectivity index (χ1) is 14.0. The van der Waals surface area contributed by atoms with E-state index in [4.69, 9.17) is 25.6 Å². The Morgan fingerprint density at radius 3 is 2.76 bits per heavy atom. The third kappa shape index (κ3) is 4.17. The molecule has 150 valence electrons. The average Bonchev–Trinajstić information content (AvgIpc) is 3.07. The van der Waals surface area contributed by atoms with Crippen molar-refractivity contribution in [1.82, 2.24) is 15.5 Å². The van der Waals surface area contributed by atoms with Crippen molar-refractivity contribution in [1.29, 1.82) is 0 Å². The van der Waals surface area contributed by atoms with Crippen LogP contribution in [0.3, 0.4) is 0 Å². The molecule has 9 heteroatoms. The SMILES string of the molecule is CC(NC(=O)c1cc(Cl)c2c(c1)OCCCO2)c1nc(-c2ccc(F)cc2)no1. The molecule has 1 amide bonds. The number of rotatable bonds is 4. The molecule has 1 aliphatic heterocycles. The summed E-state index contributed by atoms with van der Waals surface area (Å²) in [7, 11) is 0. The third-order valence-corrected chi connectivity index (χ3v) is 4.61. The lowest BCUT2D eigenvalue weighted by Gasteiger charge is -2.13. The quantitative estimate of drug-likeness (QED) is 0.685. The number of ether oxygens (including phenoxy) is 2. The van der Waals surface area contributed by atoms with E-state index in [1.807, 2.05) is 0 Å². The summed E-state index contributed by atoms with van der Waals surface area (Å²) in [6.07, 6.45) is 0.733. The molecule has 7 nitrogen and oxygen atoms in total. The molecule has 3 aromatic rings. The van der Waals surface area contributed by atoms with E-state index in [1.54, 1.807) is 25.1 Å². The fourth-order valence-electron chi connectivity index (χ4n) is 2.83. The van der Waals surface area contributed by atoms with Gasteiger partial charge in [-0.05, 0) is 43.3 Å². The highest BCUT2D eigenvalue weighted by molar-refractivity contribution is 6.32. The molecule has 1 aromatic heterocycles. The van der Waals surface area contributed by atoms with Gasteiger partial charge < -0.3 is 19.3 Å². The van der Waals surface area contributed by atoms with Gasteiger partial charge in [-0.2, -0.15) is 4.98 Å². The van der Waals surface area contributed by atoms with E-state index < -0.39 is 6.04 Å². The Morgan fingerprint density at radius 2 is 1.97 bits per heavy atom. The number of benzene rings is 2. The van der Waals surface area contributed by atoms with Crippen molar-refractivity contribution in [3.8, 4) is 22.9 Å². The number of nitrogens with one attached hydrogen (secondary N) is 1. The van der Waals surface area contributed by atoms with Gasteiger partial charge in [0.2, 0.25) is 11.7 Å². The van der Waals surface area contributed by atoms with Gasteiger partial charge in [-0.25, -0.2) is 4.39 Å². The van der Waals surface area contributed by atoms with Crippen molar-refractivity contribution < 1.29 is 23.2 Å². The molecule has 4 rings (SSSR count). The van der Waals surface area contributed by atoms with Crippen LogP contribution in [0.25, 0.3) is 11.4 Å². The molecule has 1 aliphatic rings. The van der Waals surface area contributed by atoms with Gasteiger partial charge in [0.05, 0.1) is 18.2 Å². The van der Waals surface area contributed by atoms with E-state index in [0.29, 0.717) is 46.7 Å². The highest BCUT2D eigenvalue weighted by atomic mass is 35.5. The monoisotopic (exact) mass is 417 g/mol. The van der Waals surface area contributed by atoms with Crippen molar-refractivity contribution in [2.75, 3.05) is 13.2 Å². The third-order valence-electron chi connectivity index (χ3n) is 4.33. The van der Waals surface area contributed by atoms with E-state index in [-0.39, 0.29) is 17.6 Å². The molecule has 0 spiro atoms. The second kappa shape index (κ2) is 8.08. The first-order valence-corrected chi connectivity index (χ1v) is 9.38. The van der Waals surface area contributed by atoms with E-state index in [9.17, 15) is 9.18 Å². The highest BCUT2D eigenvalue weighted by Gasteiger charge is 2.22. The molecule has 0 radical (unpaired) electrons. The number of nitrogens with zero attached hydrogens (tertiary/aromatic N) is 2. The molecule has 0 saturated carbocycles. The summed E-state index contributed by atoms with van der Waals surface area (Å²) in [4.78, 5) is 16.9. The zero-order valence-corrected chi connectivity index (χ0v) is 16.2. The second-order valence-corrected chi connectivity index (χ2v) is 6.90. The Morgan fingerprint density at radius 1 is 1.21 bits per heavy atom. The minimum Gasteiger partial charge on any atom is -0.489 e. The van der Waals surface area contributed by atoms with Gasteiger partial charge in [-0.15, -0.1) is 0 Å². The Balaban J connectivity index is 1.49. The summed E-state index contributed by atoms with van der Waals surface area (Å²) in [5, 5.41) is 6.97. The van der Waals surface area contributed by atoms with E-state index in [1.165, 1.54) is 18.2 Å². The molecule has 1 atom stereocenters. The predicted octanol–water partition coefficient (Wildman–Crippen LogP) is 4.18. The Labute approximate surface area is 170 Å². The number of hydrogen-bond acceptors (Lipinski definition) is 6. The van der Waals surface area contributed by atoms with Crippen LogP contribution in [0.5, 0.6) is 11.5 Å². The van der Waals surface area contributed by atoms with Crippen LogP contribution in [0.15, 0.2) is 40.9 Å². The zero-order valence-electron chi connectivity index (χ0n) is 15.4. The number of amides is 1. The molecule has 0 aliphatic carbocycles. The number of carbonyl (C=O) groups excluding carboxylic acids is 1. The van der Waals surface area contributed by atoms with E-state index in [2.05, 4.69) is 15.5 Å². The fourth-order valence-corrected chi connectivity index (χ4v) is 3.10. The molecule has 0 bridgehead atoms. The summed E-state index contributed by atoms with van der Waals surface area (Å²) in [5.41, 5.74) is 0.930. The van der Waals surface area contributed by atoms with Crippen LogP contribution in [0.2, 0.25) is 5.02 Å². The lowest BCUT2D eigenvalue weighted by Crippen LogP contribution is -2.27. The summed E-state index contributed by atoms with van der Waals surface area (Å²) in [6.45, 7) is 2.70. The molecule has 1 unspecified atom stereocenters. The molecule has 1 N–H and O–H groups in total. The second-order valence-electron chi connectivity index (χ2n) is 6.49. The van der Waals surface area contributed by atoms with Crippen LogP contribution < -0.4 is 14.8 Å². The van der Waals surface area contributed by atoms with Crippen molar-refractivity contribution in [3.05, 3.63) is 58.7 Å². The maximum Gasteiger partial charge on any atom is 0.252 e. The lowest BCUT2D eigenvalue weighted by atomic mass is 10.1. The Bertz CT molecular complexity index is 1040. The maximum absolute atomic E-state index is 13.1. The number of halogens is 2. The van der Waals surface area contributed by atoms with Crippen LogP contribution in [0, 0.1) is 5.82 Å². The van der Waals surface area contributed by atoms with Gasteiger partial charge in [0, 0.05) is 17.5 Å². The van der Waals surface area contributed by atoms with Gasteiger partial charge in [-0.3, -0.25) is 4.79 Å². The van der Waals surface area contributed by atoms with Crippen LogP contribution in [-0.2, 0) is 0 Å². The van der Waals surface area contributed by atoms with Gasteiger partial charge in [-0.1, -0.05) is 16.8 Å². The van der Waals surface area contributed by atoms with Crippen molar-refractivity contribution >= 4 is 17.5 Å². The lowest BCUT2D eigenvalue weighted by molar-refractivity contribution is 0.0932. The van der Waals surface area contributed by atoms with E-state index in [0.717, 1.165) is 6.42 Å².